The topological polar surface area (TPSA) is 44.8 Å². The van der Waals surface area contributed by atoms with E-state index in [1.807, 2.05) is 6.92 Å². The van der Waals surface area contributed by atoms with E-state index in [2.05, 4.69) is 46.2 Å². The summed E-state index contributed by atoms with van der Waals surface area (Å²) in [6, 6.07) is 0. The predicted molar refractivity (Wildman–Crippen MR) is 85.8 cm³/mol. The molecule has 0 aromatic carbocycles. The van der Waals surface area contributed by atoms with Crippen LogP contribution < -0.4 is 0 Å². The molecular formula is C14H30O4Si2. The Morgan fingerprint density at radius 1 is 1.05 bits per heavy atom. The normalized spacial score (nSPS) is 32.1. The Labute approximate surface area is 125 Å². The molecule has 4 atom stereocenters. The van der Waals surface area contributed by atoms with Gasteiger partial charge >= 0.3 is 5.97 Å². The third-order valence-electron chi connectivity index (χ3n) is 3.28. The summed E-state index contributed by atoms with van der Waals surface area (Å²) in [6.45, 7) is 16.8. The Kier molecular flexibility index (Phi) is 5.63. The van der Waals surface area contributed by atoms with Gasteiger partial charge in [-0.2, -0.15) is 0 Å². The van der Waals surface area contributed by atoms with Gasteiger partial charge in [0.15, 0.2) is 22.7 Å². The molecule has 0 aromatic rings. The van der Waals surface area contributed by atoms with Gasteiger partial charge in [0.2, 0.25) is 0 Å². The second-order valence-corrected chi connectivity index (χ2v) is 16.5. The van der Waals surface area contributed by atoms with Crippen LogP contribution in [0.4, 0.5) is 0 Å². The summed E-state index contributed by atoms with van der Waals surface area (Å²) in [5.74, 6) is -0.0774. The van der Waals surface area contributed by atoms with Gasteiger partial charge in [0, 0.05) is 5.92 Å². The number of hydrogen-bond donors (Lipinski definition) is 0. The molecule has 0 bridgehead atoms. The van der Waals surface area contributed by atoms with Crippen LogP contribution in [0.2, 0.25) is 39.3 Å². The van der Waals surface area contributed by atoms with Crippen molar-refractivity contribution in [1.29, 1.82) is 0 Å². The minimum absolute atomic E-state index is 0.0645. The van der Waals surface area contributed by atoms with Crippen LogP contribution in [0.5, 0.6) is 0 Å². The zero-order valence-corrected chi connectivity index (χ0v) is 16.1. The second kappa shape index (κ2) is 6.29. The van der Waals surface area contributed by atoms with E-state index in [1.54, 1.807) is 0 Å². The second-order valence-electron chi connectivity index (χ2n) is 7.59. The molecule has 0 N–H and O–H groups in total. The Bertz CT molecular complexity index is 346. The minimum Gasteiger partial charge on any atom is -0.460 e. The van der Waals surface area contributed by atoms with E-state index in [-0.39, 0.29) is 24.1 Å². The van der Waals surface area contributed by atoms with E-state index in [1.165, 1.54) is 0 Å². The summed E-state index contributed by atoms with van der Waals surface area (Å²) in [5.41, 5.74) is 0. The van der Waals surface area contributed by atoms with Crippen LogP contribution in [0, 0.1) is 5.92 Å². The minimum atomic E-state index is -1.83. The van der Waals surface area contributed by atoms with Gasteiger partial charge in [-0.15, -0.1) is 0 Å². The third-order valence-corrected chi connectivity index (χ3v) is 5.22. The summed E-state index contributed by atoms with van der Waals surface area (Å²) < 4.78 is 17.9. The first-order chi connectivity index (χ1) is 8.94. The quantitative estimate of drug-likeness (QED) is 0.576. The molecule has 1 heterocycles. The summed E-state index contributed by atoms with van der Waals surface area (Å²) >= 11 is 0. The average molecular weight is 319 g/mol. The molecule has 0 radical (unpaired) electrons. The molecule has 0 spiro atoms. The van der Waals surface area contributed by atoms with Crippen LogP contribution in [0.1, 0.15) is 20.3 Å². The Hall–Kier alpha value is -0.176. The molecular weight excluding hydrogens is 288 g/mol. The smallest absolute Gasteiger partial charge is 0.337 e. The zero-order chi connectivity index (χ0) is 15.7. The van der Waals surface area contributed by atoms with Gasteiger partial charge in [0.1, 0.15) is 6.10 Å². The van der Waals surface area contributed by atoms with Crippen molar-refractivity contribution in [2.75, 3.05) is 0 Å². The highest BCUT2D eigenvalue weighted by Gasteiger charge is 2.47. The number of hydrogen-bond acceptors (Lipinski definition) is 4. The van der Waals surface area contributed by atoms with Gasteiger partial charge in [0.25, 0.3) is 0 Å². The van der Waals surface area contributed by atoms with Crippen molar-refractivity contribution in [3.05, 3.63) is 0 Å². The van der Waals surface area contributed by atoms with E-state index in [9.17, 15) is 4.79 Å². The first-order valence-electron chi connectivity index (χ1n) is 7.50. The number of esters is 1. The van der Waals surface area contributed by atoms with Gasteiger partial charge in [-0.25, -0.2) is 4.79 Å². The molecule has 1 aliphatic rings. The van der Waals surface area contributed by atoms with Crippen LogP contribution in [0.15, 0.2) is 0 Å². The number of ether oxygens (including phenoxy) is 1. The molecule has 118 valence electrons. The van der Waals surface area contributed by atoms with Gasteiger partial charge in [-0.1, -0.05) is 13.8 Å². The molecule has 20 heavy (non-hydrogen) atoms. The number of rotatable bonds is 5. The Morgan fingerprint density at radius 2 is 1.55 bits per heavy atom. The number of carbonyl (C=O) groups excluding carboxylic acids is 1. The standard InChI is InChI=1S/C14H30O4Si2/c1-9-11-10(2)12(17-19(3,4)5)13(14(15)16-11)18-20(6,7)8/h10-13H,9H2,1-8H3/t10-,11+,12-,13-/m0/s1. The SMILES string of the molecule is CC[C@H]1OC(=O)[C@@H](O[Si](C)(C)C)[C@@H](O[Si](C)(C)C)[C@H]1C. The molecule has 0 unspecified atom stereocenters. The summed E-state index contributed by atoms with van der Waals surface area (Å²) in [6.07, 6.45) is 0.00844. The largest absolute Gasteiger partial charge is 0.460 e. The molecule has 1 rings (SSSR count). The highest BCUT2D eigenvalue weighted by Crippen LogP contribution is 2.32. The molecule has 0 saturated carbocycles. The fourth-order valence-electron chi connectivity index (χ4n) is 2.47. The maximum Gasteiger partial charge on any atom is 0.337 e. The molecule has 6 heteroatoms. The fraction of sp³-hybridized carbons (Fsp3) is 0.929. The highest BCUT2D eigenvalue weighted by atomic mass is 28.4. The summed E-state index contributed by atoms with van der Waals surface area (Å²) in [4.78, 5) is 12.3. The van der Waals surface area contributed by atoms with E-state index in [4.69, 9.17) is 13.6 Å². The Balaban J connectivity index is 3.00. The van der Waals surface area contributed by atoms with Crippen molar-refractivity contribution >= 4 is 22.6 Å². The first kappa shape index (κ1) is 17.9. The van der Waals surface area contributed by atoms with Gasteiger partial charge in [0.05, 0.1) is 6.10 Å². The molecule has 1 fully saturated rings. The van der Waals surface area contributed by atoms with E-state index >= 15 is 0 Å². The zero-order valence-electron chi connectivity index (χ0n) is 14.1. The predicted octanol–water partition coefficient (Wildman–Crippen LogP) is 3.40. The molecule has 0 aliphatic carbocycles. The molecule has 0 amide bonds. The molecule has 0 aromatic heterocycles. The van der Waals surface area contributed by atoms with Crippen LogP contribution in [0.25, 0.3) is 0 Å². The fourth-order valence-corrected chi connectivity index (χ4v) is 4.62. The van der Waals surface area contributed by atoms with E-state index in [0.717, 1.165) is 6.42 Å². The third kappa shape index (κ3) is 4.98. The van der Waals surface area contributed by atoms with E-state index < -0.39 is 22.7 Å². The van der Waals surface area contributed by atoms with Crippen LogP contribution >= 0.6 is 0 Å². The van der Waals surface area contributed by atoms with Gasteiger partial charge < -0.3 is 13.6 Å². The number of cyclic esters (lactones) is 1. The van der Waals surface area contributed by atoms with Gasteiger partial charge in [-0.05, 0) is 45.7 Å². The van der Waals surface area contributed by atoms with Crippen molar-refractivity contribution in [3.63, 3.8) is 0 Å². The summed E-state index contributed by atoms with van der Waals surface area (Å²) in [5, 5.41) is 0. The van der Waals surface area contributed by atoms with E-state index in [0.29, 0.717) is 0 Å². The Morgan fingerprint density at radius 3 is 1.95 bits per heavy atom. The lowest BCUT2D eigenvalue weighted by molar-refractivity contribution is -0.185. The highest BCUT2D eigenvalue weighted by molar-refractivity contribution is 6.70. The van der Waals surface area contributed by atoms with Crippen molar-refractivity contribution < 1.29 is 18.4 Å². The van der Waals surface area contributed by atoms with Crippen molar-refractivity contribution in [1.82, 2.24) is 0 Å². The average Bonchev–Trinajstić information content (AvgIpc) is 2.25. The van der Waals surface area contributed by atoms with Crippen LogP contribution in [-0.2, 0) is 18.4 Å². The lowest BCUT2D eigenvalue weighted by Gasteiger charge is -2.44. The first-order valence-corrected chi connectivity index (χ1v) is 14.3. The lowest BCUT2D eigenvalue weighted by atomic mass is 9.90. The number of carbonyl (C=O) groups is 1. The maximum absolute atomic E-state index is 12.3. The van der Waals surface area contributed by atoms with Crippen LogP contribution in [0.3, 0.4) is 0 Å². The lowest BCUT2D eigenvalue weighted by Crippen LogP contribution is -2.58. The van der Waals surface area contributed by atoms with Gasteiger partial charge in [-0.3, -0.25) is 0 Å². The molecule has 1 aliphatic heterocycles. The molecule has 1 saturated heterocycles. The van der Waals surface area contributed by atoms with Crippen molar-refractivity contribution in [2.24, 2.45) is 5.92 Å². The van der Waals surface area contributed by atoms with Crippen LogP contribution in [-0.4, -0.2) is 40.9 Å². The maximum atomic E-state index is 12.3. The monoisotopic (exact) mass is 318 g/mol. The molecule has 4 nitrogen and oxygen atoms in total. The summed E-state index contributed by atoms with van der Waals surface area (Å²) in [7, 11) is -3.58. The van der Waals surface area contributed by atoms with Crippen molar-refractivity contribution in [3.8, 4) is 0 Å². The van der Waals surface area contributed by atoms with Crippen molar-refractivity contribution in [2.45, 2.75) is 77.9 Å².